The molecule has 1 spiro atoms. The molecular formula is C19H23NO3. The summed E-state index contributed by atoms with van der Waals surface area (Å²) in [4.78, 5) is 2.55. The van der Waals surface area contributed by atoms with Crippen molar-refractivity contribution in [3.8, 4) is 11.5 Å². The first-order valence-corrected chi connectivity index (χ1v) is 8.52. The minimum absolute atomic E-state index is 0.00722. The Morgan fingerprint density at radius 1 is 1.26 bits per heavy atom. The van der Waals surface area contributed by atoms with Crippen molar-refractivity contribution in [2.75, 3.05) is 27.8 Å². The van der Waals surface area contributed by atoms with Crippen LogP contribution in [-0.4, -0.2) is 44.9 Å². The van der Waals surface area contributed by atoms with Gasteiger partial charge < -0.3 is 19.1 Å². The molecule has 4 atom stereocenters. The Hall–Kier alpha value is -1.68. The van der Waals surface area contributed by atoms with Crippen LogP contribution in [0.1, 0.15) is 24.0 Å². The van der Waals surface area contributed by atoms with Gasteiger partial charge in [0, 0.05) is 17.0 Å². The summed E-state index contributed by atoms with van der Waals surface area (Å²) in [6, 6.07) is 4.91. The molecule has 4 nitrogen and oxygen atoms in total. The molecule has 2 aliphatic carbocycles. The highest BCUT2D eigenvalue weighted by atomic mass is 16.6. The van der Waals surface area contributed by atoms with Gasteiger partial charge in [0.15, 0.2) is 17.6 Å². The molecular weight excluding hydrogens is 290 g/mol. The smallest absolute Gasteiger partial charge is 0.166 e. The van der Waals surface area contributed by atoms with Gasteiger partial charge in [-0.1, -0.05) is 6.07 Å². The number of allylic oxidation sites excluding steroid dienone is 1. The number of likely N-dealkylation sites (tertiary alicyclic amines) is 1. The van der Waals surface area contributed by atoms with Gasteiger partial charge in [-0.3, -0.25) is 0 Å². The molecule has 2 bridgehead atoms. The number of ether oxygens (including phenoxy) is 3. The minimum Gasteiger partial charge on any atom is -0.497 e. The van der Waals surface area contributed by atoms with Crippen molar-refractivity contribution in [2.24, 2.45) is 5.92 Å². The van der Waals surface area contributed by atoms with E-state index >= 15 is 0 Å². The zero-order chi connectivity index (χ0) is 15.8. The van der Waals surface area contributed by atoms with E-state index in [1.54, 1.807) is 14.2 Å². The maximum Gasteiger partial charge on any atom is 0.166 e. The van der Waals surface area contributed by atoms with Crippen molar-refractivity contribution >= 4 is 0 Å². The number of methoxy groups -OCH3 is 2. The molecule has 4 heteroatoms. The largest absolute Gasteiger partial charge is 0.497 e. The van der Waals surface area contributed by atoms with Crippen molar-refractivity contribution in [2.45, 2.75) is 36.8 Å². The van der Waals surface area contributed by atoms with Gasteiger partial charge in [-0.15, -0.1) is 0 Å². The summed E-state index contributed by atoms with van der Waals surface area (Å²) in [5, 5.41) is 0. The number of piperidine rings is 1. The fourth-order valence-corrected chi connectivity index (χ4v) is 5.66. The molecule has 1 aromatic rings. The van der Waals surface area contributed by atoms with Gasteiger partial charge in [0.2, 0.25) is 0 Å². The average molecular weight is 313 g/mol. The predicted molar refractivity (Wildman–Crippen MR) is 87.0 cm³/mol. The second kappa shape index (κ2) is 4.44. The van der Waals surface area contributed by atoms with Crippen LogP contribution in [-0.2, 0) is 16.6 Å². The summed E-state index contributed by atoms with van der Waals surface area (Å²) in [5.41, 5.74) is 2.92. The van der Waals surface area contributed by atoms with Crippen LogP contribution in [0.5, 0.6) is 11.5 Å². The lowest BCUT2D eigenvalue weighted by Gasteiger charge is -2.56. The summed E-state index contributed by atoms with van der Waals surface area (Å²) < 4.78 is 17.8. The number of hydrogen-bond donors (Lipinski definition) is 0. The van der Waals surface area contributed by atoms with Gasteiger partial charge in [0.05, 0.1) is 14.2 Å². The van der Waals surface area contributed by atoms with Gasteiger partial charge in [0.25, 0.3) is 0 Å². The average Bonchev–Trinajstić information content (AvgIpc) is 2.92. The summed E-state index contributed by atoms with van der Waals surface area (Å²) in [7, 11) is 5.77. The molecule has 0 radical (unpaired) electrons. The third-order valence-electron chi connectivity index (χ3n) is 6.66. The molecule has 0 unspecified atom stereocenters. The van der Waals surface area contributed by atoms with Gasteiger partial charge in [-0.2, -0.15) is 0 Å². The molecule has 1 fully saturated rings. The van der Waals surface area contributed by atoms with Crippen molar-refractivity contribution in [1.82, 2.24) is 4.90 Å². The first-order chi connectivity index (χ1) is 11.2. The number of rotatable bonds is 2. The van der Waals surface area contributed by atoms with Crippen LogP contribution >= 0.6 is 0 Å². The summed E-state index contributed by atoms with van der Waals surface area (Å²) in [6.07, 6.45) is 5.58. The van der Waals surface area contributed by atoms with E-state index in [1.165, 1.54) is 11.1 Å². The molecule has 0 N–H and O–H groups in total. The Morgan fingerprint density at radius 3 is 2.91 bits per heavy atom. The highest BCUT2D eigenvalue weighted by Crippen LogP contribution is 2.63. The molecule has 2 aliphatic heterocycles. The minimum atomic E-state index is 0.00722. The normalized spacial score (nSPS) is 36.8. The van der Waals surface area contributed by atoms with E-state index in [1.807, 2.05) is 0 Å². The van der Waals surface area contributed by atoms with Crippen LogP contribution in [0, 0.1) is 5.92 Å². The van der Waals surface area contributed by atoms with Crippen molar-refractivity contribution in [1.29, 1.82) is 0 Å². The molecule has 1 saturated heterocycles. The van der Waals surface area contributed by atoms with Crippen LogP contribution < -0.4 is 9.47 Å². The van der Waals surface area contributed by atoms with Gasteiger partial charge in [-0.25, -0.2) is 0 Å². The van der Waals surface area contributed by atoms with Crippen molar-refractivity contribution in [3.05, 3.63) is 35.1 Å². The van der Waals surface area contributed by atoms with Crippen LogP contribution in [0.25, 0.3) is 0 Å². The lowest BCUT2D eigenvalue weighted by molar-refractivity contribution is -0.0267. The van der Waals surface area contributed by atoms with Crippen LogP contribution in [0.4, 0.5) is 0 Å². The Bertz CT molecular complexity index is 713. The molecule has 0 aromatic heterocycles. The van der Waals surface area contributed by atoms with Crippen molar-refractivity contribution < 1.29 is 14.2 Å². The molecule has 0 saturated carbocycles. The molecule has 0 amide bonds. The maximum atomic E-state index is 6.50. The topological polar surface area (TPSA) is 30.9 Å². The molecule has 1 aromatic carbocycles. The molecule has 2 heterocycles. The van der Waals surface area contributed by atoms with E-state index in [0.717, 1.165) is 43.1 Å². The molecule has 122 valence electrons. The third kappa shape index (κ3) is 1.46. The van der Waals surface area contributed by atoms with Gasteiger partial charge in [-0.05, 0) is 56.5 Å². The van der Waals surface area contributed by atoms with E-state index in [9.17, 15) is 0 Å². The van der Waals surface area contributed by atoms with E-state index in [0.29, 0.717) is 12.0 Å². The Balaban J connectivity index is 1.80. The van der Waals surface area contributed by atoms with Crippen LogP contribution in [0.15, 0.2) is 24.0 Å². The molecule has 23 heavy (non-hydrogen) atoms. The third-order valence-corrected chi connectivity index (χ3v) is 6.66. The Kier molecular flexibility index (Phi) is 2.65. The molecule has 4 aliphatic rings. The van der Waals surface area contributed by atoms with Crippen LogP contribution in [0.3, 0.4) is 0 Å². The quantitative estimate of drug-likeness (QED) is 0.839. The Morgan fingerprint density at radius 2 is 2.13 bits per heavy atom. The lowest BCUT2D eigenvalue weighted by Crippen LogP contribution is -2.63. The van der Waals surface area contributed by atoms with Gasteiger partial charge in [0.1, 0.15) is 5.76 Å². The molecule has 5 rings (SSSR count). The van der Waals surface area contributed by atoms with E-state index in [4.69, 9.17) is 14.2 Å². The highest BCUT2D eigenvalue weighted by molar-refractivity contribution is 5.62. The van der Waals surface area contributed by atoms with E-state index in [2.05, 4.69) is 30.2 Å². The fourth-order valence-electron chi connectivity index (χ4n) is 5.66. The predicted octanol–water partition coefficient (Wildman–Crippen LogP) is 2.50. The summed E-state index contributed by atoms with van der Waals surface area (Å²) >= 11 is 0. The second-order valence-corrected chi connectivity index (χ2v) is 7.32. The van der Waals surface area contributed by atoms with Gasteiger partial charge >= 0.3 is 0 Å². The first-order valence-electron chi connectivity index (χ1n) is 8.52. The second-order valence-electron chi connectivity index (χ2n) is 7.32. The maximum absolute atomic E-state index is 6.50. The number of benzene rings is 1. The monoisotopic (exact) mass is 313 g/mol. The number of likely N-dealkylation sites (N-methyl/N-ethyl adjacent to an activating group) is 1. The summed E-state index contributed by atoms with van der Waals surface area (Å²) in [6.45, 7) is 1.12. The summed E-state index contributed by atoms with van der Waals surface area (Å²) in [5.74, 6) is 3.42. The SMILES string of the molecule is COC1=CC[C@H]2[C@H]3Cc4ccc(OC)c5c4[C@@]2(CCN3C)[C@H]1O5. The van der Waals surface area contributed by atoms with E-state index in [-0.39, 0.29) is 11.5 Å². The van der Waals surface area contributed by atoms with Crippen molar-refractivity contribution in [3.63, 3.8) is 0 Å². The van der Waals surface area contributed by atoms with Crippen LogP contribution in [0.2, 0.25) is 0 Å². The lowest BCUT2D eigenvalue weighted by atomic mass is 9.53. The Labute approximate surface area is 137 Å². The van der Waals surface area contributed by atoms with E-state index < -0.39 is 0 Å². The standard InChI is InChI=1S/C19H23NO3/c1-20-9-8-19-12-5-7-15(22-3)18(19)23-17-14(21-2)6-4-11(16(17)19)10-13(12)20/h4,6-7,12-13,18H,5,8-10H2,1-3H3/t12-,13+,18-,19-/m0/s1. The first kappa shape index (κ1) is 13.7. The zero-order valence-electron chi connectivity index (χ0n) is 14.0. The number of nitrogens with zero attached hydrogens (tertiary/aromatic N) is 1. The highest BCUT2D eigenvalue weighted by Gasteiger charge is 2.64. The number of hydrogen-bond acceptors (Lipinski definition) is 4. The zero-order valence-corrected chi connectivity index (χ0v) is 14.0. The fraction of sp³-hybridized carbons (Fsp3) is 0.579.